The number of hydrogen-bond donors (Lipinski definition) is 3. The molecule has 0 fully saturated rings. The smallest absolute Gasteiger partial charge is 0.244 e. The summed E-state index contributed by atoms with van der Waals surface area (Å²) in [5.74, 6) is -1.64. The van der Waals surface area contributed by atoms with Crippen LogP contribution >= 0.6 is 11.6 Å². The summed E-state index contributed by atoms with van der Waals surface area (Å²) in [6.07, 6.45) is 0. The van der Waals surface area contributed by atoms with Gasteiger partial charge in [-0.25, -0.2) is 17.5 Å². The molecule has 0 saturated carbocycles. The molecule has 1 aromatic rings. The molecule has 112 valence electrons. The van der Waals surface area contributed by atoms with Gasteiger partial charge in [-0.2, -0.15) is 0 Å². The van der Waals surface area contributed by atoms with E-state index in [4.69, 9.17) is 17.3 Å². The van der Waals surface area contributed by atoms with Gasteiger partial charge in [-0.1, -0.05) is 11.6 Å². The number of anilines is 1. The first-order chi connectivity index (χ1) is 9.13. The fourth-order valence-corrected chi connectivity index (χ4v) is 2.79. The van der Waals surface area contributed by atoms with E-state index in [0.29, 0.717) is 0 Å². The van der Waals surface area contributed by atoms with E-state index in [1.54, 1.807) is 13.8 Å². The zero-order valence-corrected chi connectivity index (χ0v) is 12.5. The van der Waals surface area contributed by atoms with E-state index < -0.39 is 38.2 Å². The van der Waals surface area contributed by atoms with Crippen LogP contribution in [0.25, 0.3) is 0 Å². The first kappa shape index (κ1) is 16.7. The van der Waals surface area contributed by atoms with Gasteiger partial charge in [0.05, 0.1) is 11.6 Å². The van der Waals surface area contributed by atoms with Crippen LogP contribution in [0.4, 0.5) is 10.1 Å². The summed E-state index contributed by atoms with van der Waals surface area (Å²) in [5, 5.41) is 2.09. The van der Waals surface area contributed by atoms with E-state index in [9.17, 15) is 17.6 Å². The second-order valence-electron chi connectivity index (χ2n) is 4.36. The maximum atomic E-state index is 13.7. The minimum atomic E-state index is -4.22. The highest BCUT2D eigenvalue weighted by Crippen LogP contribution is 2.25. The molecule has 4 N–H and O–H groups in total. The zero-order valence-electron chi connectivity index (χ0n) is 10.9. The maximum Gasteiger partial charge on any atom is 0.244 e. The molecule has 0 aliphatic heterocycles. The van der Waals surface area contributed by atoms with Gasteiger partial charge in [0, 0.05) is 11.7 Å². The number of amides is 1. The van der Waals surface area contributed by atoms with Gasteiger partial charge in [0.2, 0.25) is 15.9 Å². The molecule has 0 aliphatic carbocycles. The molecule has 0 heterocycles. The lowest BCUT2D eigenvalue weighted by molar-refractivity contribution is -0.120. The van der Waals surface area contributed by atoms with Crippen molar-refractivity contribution < 1.29 is 17.6 Å². The summed E-state index contributed by atoms with van der Waals surface area (Å²) >= 11 is 5.53. The Balaban J connectivity index is 2.93. The predicted molar refractivity (Wildman–Crippen MR) is 74.3 cm³/mol. The van der Waals surface area contributed by atoms with Gasteiger partial charge < -0.3 is 11.1 Å². The van der Waals surface area contributed by atoms with Crippen LogP contribution in [0.1, 0.15) is 13.8 Å². The number of hydrogen-bond acceptors (Lipinski definition) is 4. The Morgan fingerprint density at radius 3 is 2.60 bits per heavy atom. The number of benzene rings is 1. The minimum absolute atomic E-state index is 0.00315. The quantitative estimate of drug-likeness (QED) is 0.700. The number of sulfonamides is 1. The minimum Gasteiger partial charge on any atom is -0.399 e. The number of halogens is 2. The van der Waals surface area contributed by atoms with Crippen LogP contribution in [0.15, 0.2) is 17.0 Å². The SMILES string of the molecule is CC(C)NC(=O)CNS(=O)(=O)c1cc(N)cc(Cl)c1F. The normalized spacial score (nSPS) is 11.7. The van der Waals surface area contributed by atoms with Gasteiger partial charge >= 0.3 is 0 Å². The van der Waals surface area contributed by atoms with Gasteiger partial charge in [-0.3, -0.25) is 4.79 Å². The third-order valence-electron chi connectivity index (χ3n) is 2.18. The van der Waals surface area contributed by atoms with Gasteiger partial charge in [-0.05, 0) is 26.0 Å². The standard InChI is InChI=1S/C11H15ClFN3O3S/c1-6(2)16-10(17)5-15-20(18,19)9-4-7(14)3-8(12)11(9)13/h3-4,6,15H,5,14H2,1-2H3,(H,16,17). The molecule has 0 atom stereocenters. The van der Waals surface area contributed by atoms with E-state index in [1.807, 2.05) is 4.72 Å². The van der Waals surface area contributed by atoms with E-state index in [0.717, 1.165) is 12.1 Å². The Bertz CT molecular complexity index is 620. The van der Waals surface area contributed by atoms with Crippen LogP contribution in [0.2, 0.25) is 5.02 Å². The fourth-order valence-electron chi connectivity index (χ4n) is 1.39. The van der Waals surface area contributed by atoms with Crippen molar-refractivity contribution in [3.05, 3.63) is 23.0 Å². The highest BCUT2D eigenvalue weighted by atomic mass is 35.5. The lowest BCUT2D eigenvalue weighted by Crippen LogP contribution is -2.40. The maximum absolute atomic E-state index is 13.7. The molecule has 0 radical (unpaired) electrons. The Morgan fingerprint density at radius 2 is 2.05 bits per heavy atom. The van der Waals surface area contributed by atoms with Crippen molar-refractivity contribution in [1.82, 2.24) is 10.0 Å². The molecule has 0 saturated heterocycles. The lowest BCUT2D eigenvalue weighted by atomic mass is 10.3. The van der Waals surface area contributed by atoms with Crippen molar-refractivity contribution in [2.45, 2.75) is 24.8 Å². The Kier molecular flexibility index (Phi) is 5.32. The first-order valence-corrected chi connectivity index (χ1v) is 7.53. The molecule has 6 nitrogen and oxygen atoms in total. The summed E-state index contributed by atoms with van der Waals surface area (Å²) in [6.45, 7) is 2.94. The van der Waals surface area contributed by atoms with E-state index in [-0.39, 0.29) is 11.7 Å². The Morgan fingerprint density at radius 1 is 1.45 bits per heavy atom. The molecule has 0 unspecified atom stereocenters. The third kappa shape index (κ3) is 4.32. The first-order valence-electron chi connectivity index (χ1n) is 5.67. The van der Waals surface area contributed by atoms with Crippen LogP contribution in [0.3, 0.4) is 0 Å². The average Bonchev–Trinajstić information content (AvgIpc) is 2.30. The van der Waals surface area contributed by atoms with Crippen LogP contribution in [-0.4, -0.2) is 26.9 Å². The highest BCUT2D eigenvalue weighted by molar-refractivity contribution is 7.89. The molecular weight excluding hydrogens is 309 g/mol. The molecule has 20 heavy (non-hydrogen) atoms. The van der Waals surface area contributed by atoms with Crippen molar-refractivity contribution >= 4 is 33.2 Å². The number of nitrogens with two attached hydrogens (primary N) is 1. The van der Waals surface area contributed by atoms with Crippen molar-refractivity contribution in [2.75, 3.05) is 12.3 Å². The van der Waals surface area contributed by atoms with Gasteiger partial charge in [-0.15, -0.1) is 0 Å². The van der Waals surface area contributed by atoms with Crippen molar-refractivity contribution in [2.24, 2.45) is 0 Å². The molecule has 9 heteroatoms. The van der Waals surface area contributed by atoms with E-state index in [1.165, 1.54) is 0 Å². The van der Waals surface area contributed by atoms with Crippen LogP contribution in [-0.2, 0) is 14.8 Å². The molecule has 0 bridgehead atoms. The summed E-state index contributed by atoms with van der Waals surface area (Å²) in [7, 11) is -4.22. The summed E-state index contributed by atoms with van der Waals surface area (Å²) in [5.41, 5.74) is 5.43. The topological polar surface area (TPSA) is 101 Å². The van der Waals surface area contributed by atoms with Crippen LogP contribution in [0, 0.1) is 5.82 Å². The van der Waals surface area contributed by atoms with E-state index in [2.05, 4.69) is 5.32 Å². The fraction of sp³-hybridized carbons (Fsp3) is 0.364. The highest BCUT2D eigenvalue weighted by Gasteiger charge is 2.22. The molecule has 0 spiro atoms. The van der Waals surface area contributed by atoms with Crippen LogP contribution < -0.4 is 15.8 Å². The largest absolute Gasteiger partial charge is 0.399 e. The summed E-state index contributed by atoms with van der Waals surface area (Å²) < 4.78 is 39.5. The third-order valence-corrected chi connectivity index (χ3v) is 3.85. The molecule has 1 rings (SSSR count). The number of carbonyl (C=O) groups excluding carboxylic acids is 1. The second kappa shape index (κ2) is 6.38. The Labute approximate surface area is 121 Å². The second-order valence-corrected chi connectivity index (χ2v) is 6.50. The number of rotatable bonds is 5. The predicted octanol–water partition coefficient (Wildman–Crippen LogP) is 0.864. The molecular formula is C11H15ClFN3O3S. The lowest BCUT2D eigenvalue weighted by Gasteiger charge is -2.11. The van der Waals surface area contributed by atoms with Gasteiger partial charge in [0.15, 0.2) is 5.82 Å². The van der Waals surface area contributed by atoms with Gasteiger partial charge in [0.25, 0.3) is 0 Å². The summed E-state index contributed by atoms with van der Waals surface area (Å²) in [4.78, 5) is 10.7. The Hall–Kier alpha value is -1.38. The molecule has 0 aliphatic rings. The number of nitrogen functional groups attached to an aromatic ring is 1. The monoisotopic (exact) mass is 323 g/mol. The number of carbonyl (C=O) groups is 1. The van der Waals surface area contributed by atoms with Crippen molar-refractivity contribution in [3.63, 3.8) is 0 Å². The zero-order chi connectivity index (χ0) is 15.5. The van der Waals surface area contributed by atoms with Crippen molar-refractivity contribution in [1.29, 1.82) is 0 Å². The average molecular weight is 324 g/mol. The number of nitrogens with one attached hydrogen (secondary N) is 2. The van der Waals surface area contributed by atoms with E-state index >= 15 is 0 Å². The summed E-state index contributed by atoms with van der Waals surface area (Å²) in [6, 6.07) is 1.90. The molecule has 1 aromatic carbocycles. The molecule has 1 amide bonds. The molecule has 0 aromatic heterocycles. The van der Waals surface area contributed by atoms with Crippen molar-refractivity contribution in [3.8, 4) is 0 Å². The van der Waals surface area contributed by atoms with Crippen LogP contribution in [0.5, 0.6) is 0 Å². The van der Waals surface area contributed by atoms with Gasteiger partial charge in [0.1, 0.15) is 4.90 Å².